The van der Waals surface area contributed by atoms with E-state index in [1.54, 1.807) is 17.5 Å². The molecule has 0 aliphatic heterocycles. The fourth-order valence-electron chi connectivity index (χ4n) is 3.63. The van der Waals surface area contributed by atoms with Gasteiger partial charge in [-0.1, -0.05) is 56.3 Å². The second-order valence-corrected chi connectivity index (χ2v) is 10.1. The van der Waals surface area contributed by atoms with Crippen LogP contribution in [0.4, 0.5) is 0 Å². The summed E-state index contributed by atoms with van der Waals surface area (Å²) in [6.45, 7) is 4.17. The highest BCUT2D eigenvalue weighted by atomic mass is 32.2. The molecule has 0 aliphatic carbocycles. The van der Waals surface area contributed by atoms with E-state index in [4.69, 9.17) is 10.2 Å². The second kappa shape index (κ2) is 8.78. The summed E-state index contributed by atoms with van der Waals surface area (Å²) in [6.07, 6.45) is 1.28. The van der Waals surface area contributed by atoms with Crippen LogP contribution in [0.25, 0.3) is 16.4 Å². The van der Waals surface area contributed by atoms with Crippen molar-refractivity contribution in [2.24, 2.45) is 5.14 Å². The Bertz CT molecular complexity index is 1360. The summed E-state index contributed by atoms with van der Waals surface area (Å²) >= 11 is 1.36. The first kappa shape index (κ1) is 22.1. The van der Waals surface area contributed by atoms with Gasteiger partial charge in [-0.2, -0.15) is 5.10 Å². The van der Waals surface area contributed by atoms with Crippen molar-refractivity contribution in [3.05, 3.63) is 82.5 Å². The molecule has 0 aliphatic rings. The van der Waals surface area contributed by atoms with Gasteiger partial charge in [0.05, 0.1) is 16.3 Å². The first-order chi connectivity index (χ1) is 15.3. The van der Waals surface area contributed by atoms with Gasteiger partial charge in [-0.3, -0.25) is 4.79 Å². The molecule has 0 spiro atoms. The number of carbonyl (C=O) groups excluding carboxylic acids is 1. The lowest BCUT2D eigenvalue weighted by molar-refractivity contribution is 0.111. The average Bonchev–Trinajstić information content (AvgIpc) is 3.39. The third-order valence-corrected chi connectivity index (χ3v) is 6.83. The molecule has 2 aromatic heterocycles. The van der Waals surface area contributed by atoms with Crippen molar-refractivity contribution in [3.8, 4) is 16.4 Å². The molecule has 2 N–H and O–H groups in total. The number of benzene rings is 2. The molecule has 0 saturated heterocycles. The highest BCUT2D eigenvalue weighted by Crippen LogP contribution is 2.34. The third kappa shape index (κ3) is 4.40. The van der Waals surface area contributed by atoms with Crippen LogP contribution in [0.1, 0.15) is 47.1 Å². The molecule has 164 valence electrons. The Morgan fingerprint density at radius 3 is 2.34 bits per heavy atom. The van der Waals surface area contributed by atoms with Crippen molar-refractivity contribution < 1.29 is 13.2 Å². The van der Waals surface area contributed by atoms with Crippen molar-refractivity contribution >= 4 is 27.6 Å². The van der Waals surface area contributed by atoms with Gasteiger partial charge in [0.15, 0.2) is 6.29 Å². The first-order valence-electron chi connectivity index (χ1n) is 9.98. The molecule has 2 heterocycles. The molecule has 2 aromatic carbocycles. The van der Waals surface area contributed by atoms with Gasteiger partial charge in [-0.15, -0.1) is 11.3 Å². The van der Waals surface area contributed by atoms with E-state index in [0.29, 0.717) is 17.2 Å². The van der Waals surface area contributed by atoms with Gasteiger partial charge in [0.2, 0.25) is 15.2 Å². The molecule has 0 atom stereocenters. The number of aldehydes is 1. The Morgan fingerprint density at radius 1 is 1.09 bits per heavy atom. The number of nitrogens with zero attached hydrogens (tertiary/aromatic N) is 3. The molecule has 4 rings (SSSR count). The minimum absolute atomic E-state index is 0.0773. The van der Waals surface area contributed by atoms with Gasteiger partial charge in [0, 0.05) is 22.9 Å². The number of carbonyl (C=O) groups is 1. The van der Waals surface area contributed by atoms with Crippen molar-refractivity contribution in [2.75, 3.05) is 0 Å². The third-order valence-electron chi connectivity index (χ3n) is 5.06. The van der Waals surface area contributed by atoms with E-state index < -0.39 is 10.0 Å². The highest BCUT2D eigenvalue weighted by Gasteiger charge is 2.24. The maximum absolute atomic E-state index is 11.6. The van der Waals surface area contributed by atoms with Crippen molar-refractivity contribution in [1.82, 2.24) is 14.8 Å². The number of aromatic nitrogens is 3. The molecule has 0 saturated carbocycles. The molecule has 7 nitrogen and oxygen atoms in total. The smallest absolute Gasteiger partial charge is 0.238 e. The lowest BCUT2D eigenvalue weighted by Gasteiger charge is -2.12. The van der Waals surface area contributed by atoms with Crippen LogP contribution in [0.3, 0.4) is 0 Å². The monoisotopic (exact) mass is 466 g/mol. The molecule has 32 heavy (non-hydrogen) atoms. The summed E-state index contributed by atoms with van der Waals surface area (Å²) in [4.78, 5) is 15.6. The SMILES string of the molecule is CC(C)c1c(Cc2ccc(S(N)(=O)=O)cc2)c(-c2ccccc2)nn1-c1nc(C=O)cs1. The Kier molecular flexibility index (Phi) is 6.05. The van der Waals surface area contributed by atoms with E-state index in [9.17, 15) is 13.2 Å². The number of primary sulfonamides is 1. The Balaban J connectivity index is 1.88. The molecular weight excluding hydrogens is 444 g/mol. The van der Waals surface area contributed by atoms with Crippen molar-refractivity contribution in [1.29, 1.82) is 0 Å². The molecule has 0 bridgehead atoms. The number of nitrogens with two attached hydrogens (primary N) is 1. The molecular formula is C23H22N4O3S2. The Labute approximate surface area is 190 Å². The topological polar surface area (TPSA) is 108 Å². The van der Waals surface area contributed by atoms with Crippen LogP contribution in [0.5, 0.6) is 0 Å². The van der Waals surface area contributed by atoms with Crippen LogP contribution in [-0.2, 0) is 16.4 Å². The predicted octanol–water partition coefficient (Wildman–Crippen LogP) is 4.17. The molecule has 9 heteroatoms. The summed E-state index contributed by atoms with van der Waals surface area (Å²) in [7, 11) is -3.75. The van der Waals surface area contributed by atoms with Crippen molar-refractivity contribution in [2.45, 2.75) is 31.1 Å². The van der Waals surface area contributed by atoms with Crippen LogP contribution >= 0.6 is 11.3 Å². The van der Waals surface area contributed by atoms with Crippen LogP contribution in [0.15, 0.2) is 64.9 Å². The molecule has 4 aromatic rings. The van der Waals surface area contributed by atoms with Gasteiger partial charge in [-0.05, 0) is 23.6 Å². The molecule has 0 fully saturated rings. The quantitative estimate of drug-likeness (QED) is 0.411. The van der Waals surface area contributed by atoms with Gasteiger partial charge < -0.3 is 0 Å². The zero-order valence-corrected chi connectivity index (χ0v) is 19.2. The van der Waals surface area contributed by atoms with E-state index in [2.05, 4.69) is 18.8 Å². The molecule has 0 amide bonds. The largest absolute Gasteiger partial charge is 0.296 e. The van der Waals surface area contributed by atoms with Gasteiger partial charge in [0.25, 0.3) is 0 Å². The Hall–Kier alpha value is -3.14. The predicted molar refractivity (Wildman–Crippen MR) is 125 cm³/mol. The number of thiazole rings is 1. The standard InChI is InChI=1S/C23H22N4O3S2/c1-15(2)22-20(12-16-8-10-19(11-9-16)32(24,29)30)21(17-6-4-3-5-7-17)26-27(22)23-25-18(13-28)14-31-23/h3-11,13-15H,12H2,1-2H3,(H2,24,29,30). The summed E-state index contributed by atoms with van der Waals surface area (Å²) in [5, 5.41) is 12.5. The van der Waals surface area contributed by atoms with E-state index in [0.717, 1.165) is 34.4 Å². The maximum Gasteiger partial charge on any atom is 0.238 e. The number of hydrogen-bond donors (Lipinski definition) is 1. The van der Waals surface area contributed by atoms with Crippen LogP contribution in [-0.4, -0.2) is 29.5 Å². The fraction of sp³-hybridized carbons (Fsp3) is 0.174. The Morgan fingerprint density at radius 2 is 1.78 bits per heavy atom. The highest BCUT2D eigenvalue weighted by molar-refractivity contribution is 7.89. The van der Waals surface area contributed by atoms with Crippen LogP contribution in [0.2, 0.25) is 0 Å². The van der Waals surface area contributed by atoms with Crippen molar-refractivity contribution in [3.63, 3.8) is 0 Å². The number of sulfonamides is 1. The second-order valence-electron chi connectivity index (χ2n) is 7.68. The summed E-state index contributed by atoms with van der Waals surface area (Å²) < 4.78 is 25.0. The number of hydrogen-bond acceptors (Lipinski definition) is 6. The fourth-order valence-corrected chi connectivity index (χ4v) is 4.88. The van der Waals surface area contributed by atoms with Gasteiger partial charge >= 0.3 is 0 Å². The lowest BCUT2D eigenvalue weighted by Crippen LogP contribution is -2.12. The molecule has 0 unspecified atom stereocenters. The van der Waals surface area contributed by atoms with Gasteiger partial charge in [0.1, 0.15) is 5.69 Å². The average molecular weight is 467 g/mol. The minimum Gasteiger partial charge on any atom is -0.296 e. The normalized spacial score (nSPS) is 11.8. The van der Waals surface area contributed by atoms with E-state index >= 15 is 0 Å². The lowest BCUT2D eigenvalue weighted by atomic mass is 9.95. The first-order valence-corrected chi connectivity index (χ1v) is 12.4. The van der Waals surface area contributed by atoms with E-state index in [1.807, 2.05) is 35.0 Å². The summed E-state index contributed by atoms with van der Waals surface area (Å²) in [5.74, 6) is 0.127. The summed E-state index contributed by atoms with van der Waals surface area (Å²) in [5.41, 5.74) is 5.12. The zero-order valence-electron chi connectivity index (χ0n) is 17.6. The molecule has 0 radical (unpaired) electrons. The zero-order chi connectivity index (χ0) is 22.9. The van der Waals surface area contributed by atoms with E-state index in [1.165, 1.54) is 23.5 Å². The van der Waals surface area contributed by atoms with Crippen LogP contribution < -0.4 is 5.14 Å². The van der Waals surface area contributed by atoms with E-state index in [-0.39, 0.29) is 10.8 Å². The maximum atomic E-state index is 11.6. The number of rotatable bonds is 7. The van der Waals surface area contributed by atoms with Gasteiger partial charge in [-0.25, -0.2) is 23.2 Å². The van der Waals surface area contributed by atoms with Crippen LogP contribution in [0, 0.1) is 0 Å². The minimum atomic E-state index is -3.75. The summed E-state index contributed by atoms with van der Waals surface area (Å²) in [6, 6.07) is 16.4.